The lowest BCUT2D eigenvalue weighted by molar-refractivity contribution is -0.161. The monoisotopic (exact) mass is 609 g/mol. The Balaban J connectivity index is 1.61. The number of carboxylic acid groups (broad SMARTS) is 1. The van der Waals surface area contributed by atoms with E-state index in [1.165, 1.54) is 22.2 Å². The van der Waals surface area contributed by atoms with E-state index in [0.29, 0.717) is 22.4 Å². The number of halogens is 3. The van der Waals surface area contributed by atoms with Crippen LogP contribution >= 0.6 is 11.3 Å². The van der Waals surface area contributed by atoms with Crippen molar-refractivity contribution < 1.29 is 31.8 Å². The molecular formula is C30H22F3N3O4S2. The smallest absolute Gasteiger partial charge is 0.400 e. The summed E-state index contributed by atoms with van der Waals surface area (Å²) in [4.78, 5) is 16.0. The summed E-state index contributed by atoms with van der Waals surface area (Å²) in [5.41, 5.74) is 1.16. The van der Waals surface area contributed by atoms with Gasteiger partial charge in [-0.2, -0.15) is 18.3 Å². The summed E-state index contributed by atoms with van der Waals surface area (Å²) in [5.74, 6) is -1.26. The quantitative estimate of drug-likeness (QED) is 0.182. The van der Waals surface area contributed by atoms with Crippen LogP contribution in [0.1, 0.15) is 40.2 Å². The van der Waals surface area contributed by atoms with Gasteiger partial charge in [-0.15, -0.1) is 11.3 Å². The van der Waals surface area contributed by atoms with Gasteiger partial charge < -0.3 is 9.66 Å². The molecule has 214 valence electrons. The minimum atomic E-state index is -4.56. The summed E-state index contributed by atoms with van der Waals surface area (Å²) in [6.07, 6.45) is -4.75. The predicted molar refractivity (Wildman–Crippen MR) is 152 cm³/mol. The minimum absolute atomic E-state index is 0.0492. The van der Waals surface area contributed by atoms with E-state index in [-0.39, 0.29) is 40.7 Å². The van der Waals surface area contributed by atoms with Gasteiger partial charge in [-0.1, -0.05) is 60.7 Å². The molecule has 3 aromatic carbocycles. The molecule has 12 heteroatoms. The zero-order valence-electron chi connectivity index (χ0n) is 21.7. The number of alkyl halides is 3. The Morgan fingerprint density at radius 1 is 0.976 bits per heavy atom. The number of benzene rings is 3. The summed E-state index contributed by atoms with van der Waals surface area (Å²) in [6.45, 7) is 0. The van der Waals surface area contributed by atoms with Gasteiger partial charge >= 0.3 is 12.1 Å². The van der Waals surface area contributed by atoms with Gasteiger partial charge in [-0.05, 0) is 47.7 Å². The molecule has 2 aromatic heterocycles. The molecule has 1 fully saturated rings. The number of nitrogens with zero attached hydrogens (tertiary/aromatic N) is 3. The van der Waals surface area contributed by atoms with Gasteiger partial charge in [0.05, 0.1) is 16.3 Å². The van der Waals surface area contributed by atoms with Crippen molar-refractivity contribution >= 4 is 28.4 Å². The van der Waals surface area contributed by atoms with Crippen LogP contribution < -0.4 is 0 Å². The molecule has 2 heterocycles. The molecule has 1 aliphatic carbocycles. The molecular weight excluding hydrogens is 587 g/mol. The number of rotatable bonds is 8. The standard InChI is InChI=1S/C30H22F3N3O4S2/c31-30(32,33)29(13-14-29)26-23(15-18-9-11-22(12-10-18)42(39)40)25(36(35-26)28-34-24(17-41-28)27(37)38)21-8-4-7-20(16-21)19-5-2-1-3-6-19/h1-12,16-17H,13-15H2,(H,37,38)(H,39,40). The van der Waals surface area contributed by atoms with Gasteiger partial charge in [0.1, 0.15) is 5.41 Å². The van der Waals surface area contributed by atoms with Crippen LogP contribution in [0.25, 0.3) is 27.5 Å². The highest BCUT2D eigenvalue weighted by Gasteiger charge is 2.66. The number of hydrogen-bond acceptors (Lipinski definition) is 5. The van der Waals surface area contributed by atoms with Crippen LogP contribution in [-0.2, 0) is 22.9 Å². The fourth-order valence-corrected chi connectivity index (χ4v) is 6.20. The van der Waals surface area contributed by atoms with E-state index >= 15 is 0 Å². The second kappa shape index (κ2) is 10.6. The molecule has 7 nitrogen and oxygen atoms in total. The van der Waals surface area contributed by atoms with Gasteiger partial charge in [-0.25, -0.2) is 18.7 Å². The van der Waals surface area contributed by atoms with E-state index in [9.17, 15) is 31.8 Å². The van der Waals surface area contributed by atoms with Crippen LogP contribution in [0.15, 0.2) is 89.1 Å². The highest BCUT2D eigenvalue weighted by atomic mass is 32.2. The van der Waals surface area contributed by atoms with Crippen molar-refractivity contribution in [2.45, 2.75) is 35.7 Å². The second-order valence-corrected chi connectivity index (χ2v) is 11.8. The van der Waals surface area contributed by atoms with E-state index in [4.69, 9.17) is 0 Å². The lowest BCUT2D eigenvalue weighted by Gasteiger charge is -2.19. The highest BCUT2D eigenvalue weighted by Crippen LogP contribution is 2.60. The first-order valence-corrected chi connectivity index (χ1v) is 14.8. The zero-order chi connectivity index (χ0) is 29.6. The molecule has 0 bridgehead atoms. The van der Waals surface area contributed by atoms with E-state index in [1.807, 2.05) is 48.5 Å². The first-order chi connectivity index (χ1) is 20.1. The SMILES string of the molecule is O=C(O)c1csc(-n2nc(C3(C(F)(F)F)CC3)c(Cc3ccc(S(=O)O)cc3)c2-c2cccc(-c3ccccc3)c2)n1. The summed E-state index contributed by atoms with van der Waals surface area (Å²) in [6, 6.07) is 23.0. The molecule has 0 spiro atoms. The number of aromatic nitrogens is 3. The molecule has 0 saturated heterocycles. The summed E-state index contributed by atoms with van der Waals surface area (Å²) in [7, 11) is 0. The zero-order valence-corrected chi connectivity index (χ0v) is 23.3. The molecule has 5 aromatic rings. The second-order valence-electron chi connectivity index (χ2n) is 10.0. The first-order valence-electron chi connectivity index (χ1n) is 12.8. The molecule has 2 N–H and O–H groups in total. The maximum atomic E-state index is 14.6. The van der Waals surface area contributed by atoms with Gasteiger partial charge in [-0.3, -0.25) is 0 Å². The summed E-state index contributed by atoms with van der Waals surface area (Å²) < 4.78 is 66.0. The van der Waals surface area contributed by atoms with Crippen LogP contribution in [0, 0.1) is 0 Å². The van der Waals surface area contributed by atoms with Gasteiger partial charge in [0.25, 0.3) is 0 Å². The van der Waals surface area contributed by atoms with Gasteiger partial charge in [0.2, 0.25) is 5.13 Å². The summed E-state index contributed by atoms with van der Waals surface area (Å²) in [5, 5.41) is 15.5. The first kappa shape index (κ1) is 28.0. The third-order valence-electron chi connectivity index (χ3n) is 7.37. The van der Waals surface area contributed by atoms with Crippen molar-refractivity contribution in [3.05, 3.63) is 107 Å². The minimum Gasteiger partial charge on any atom is -0.476 e. The summed E-state index contributed by atoms with van der Waals surface area (Å²) >= 11 is -1.22. The Hall–Kier alpha value is -4.13. The fourth-order valence-electron chi connectivity index (χ4n) is 5.08. The van der Waals surface area contributed by atoms with Gasteiger partial charge in [0.15, 0.2) is 16.8 Å². The molecule has 1 atom stereocenters. The number of hydrogen-bond donors (Lipinski definition) is 2. The third kappa shape index (κ3) is 5.06. The predicted octanol–water partition coefficient (Wildman–Crippen LogP) is 7.13. The highest BCUT2D eigenvalue weighted by molar-refractivity contribution is 7.79. The molecule has 6 rings (SSSR count). The van der Waals surface area contributed by atoms with Crippen molar-refractivity contribution in [3.63, 3.8) is 0 Å². The Kier molecular flexibility index (Phi) is 7.08. The normalized spacial score (nSPS) is 15.0. The number of carbonyl (C=O) groups is 1. The molecule has 0 amide bonds. The average Bonchev–Trinajstić information content (AvgIpc) is 3.50. The largest absolute Gasteiger partial charge is 0.476 e. The third-order valence-corrected chi connectivity index (χ3v) is 8.86. The molecule has 0 aliphatic heterocycles. The van der Waals surface area contributed by atoms with E-state index in [2.05, 4.69) is 10.1 Å². The molecule has 42 heavy (non-hydrogen) atoms. The van der Waals surface area contributed by atoms with Crippen LogP contribution in [0.4, 0.5) is 13.2 Å². The van der Waals surface area contributed by atoms with Gasteiger partial charge in [0, 0.05) is 22.9 Å². The van der Waals surface area contributed by atoms with E-state index < -0.39 is 28.6 Å². The number of thiazole rings is 1. The van der Waals surface area contributed by atoms with Crippen LogP contribution in [0.5, 0.6) is 0 Å². The van der Waals surface area contributed by atoms with Crippen LogP contribution in [-0.4, -0.2) is 40.8 Å². The number of aromatic carboxylic acids is 1. The lowest BCUT2D eigenvalue weighted by atomic mass is 9.90. The van der Waals surface area contributed by atoms with Crippen LogP contribution in [0.3, 0.4) is 0 Å². The number of carboxylic acids is 1. The van der Waals surface area contributed by atoms with Crippen molar-refractivity contribution in [2.75, 3.05) is 0 Å². The Bertz CT molecular complexity index is 1810. The topological polar surface area (TPSA) is 105 Å². The van der Waals surface area contributed by atoms with Crippen molar-refractivity contribution in [1.82, 2.24) is 14.8 Å². The van der Waals surface area contributed by atoms with Crippen molar-refractivity contribution in [1.29, 1.82) is 0 Å². The Labute approximate surface area is 244 Å². The van der Waals surface area contributed by atoms with E-state index in [1.54, 1.807) is 18.2 Å². The maximum Gasteiger partial charge on any atom is 0.400 e. The molecule has 0 radical (unpaired) electrons. The molecule has 1 aliphatic rings. The van der Waals surface area contributed by atoms with Crippen molar-refractivity contribution in [3.8, 4) is 27.5 Å². The Morgan fingerprint density at radius 3 is 2.24 bits per heavy atom. The van der Waals surface area contributed by atoms with E-state index in [0.717, 1.165) is 22.5 Å². The average molecular weight is 610 g/mol. The van der Waals surface area contributed by atoms with Crippen LogP contribution in [0.2, 0.25) is 0 Å². The molecule has 1 unspecified atom stereocenters. The fraction of sp³-hybridized carbons (Fsp3) is 0.167. The van der Waals surface area contributed by atoms with Crippen molar-refractivity contribution in [2.24, 2.45) is 0 Å². The maximum absolute atomic E-state index is 14.6. The Morgan fingerprint density at radius 2 is 1.64 bits per heavy atom. The molecule has 1 saturated carbocycles. The lowest BCUT2D eigenvalue weighted by Crippen LogP contribution is -2.30.